The van der Waals surface area contributed by atoms with Crippen molar-refractivity contribution in [3.8, 4) is 0 Å². The van der Waals surface area contributed by atoms with E-state index in [9.17, 15) is 57.1 Å². The number of halogens is 13. The maximum atomic E-state index is 14.0. The molecule has 0 aliphatic carbocycles. The summed E-state index contributed by atoms with van der Waals surface area (Å²) in [5, 5.41) is 0. The van der Waals surface area contributed by atoms with Crippen LogP contribution < -0.4 is 0 Å². The first-order valence-electron chi connectivity index (χ1n) is 8.95. The Morgan fingerprint density at radius 1 is 0.676 bits per heavy atom. The summed E-state index contributed by atoms with van der Waals surface area (Å²) in [7, 11) is 1.78. The van der Waals surface area contributed by atoms with Crippen molar-refractivity contribution in [2.24, 2.45) is 0 Å². The number of ether oxygens (including phenoxy) is 4. The van der Waals surface area contributed by atoms with E-state index in [1.54, 1.807) is 0 Å². The van der Waals surface area contributed by atoms with Gasteiger partial charge >= 0.3 is 35.8 Å². The summed E-state index contributed by atoms with van der Waals surface area (Å²) in [6.07, 6.45) is -12.0. The van der Waals surface area contributed by atoms with Crippen molar-refractivity contribution in [2.45, 2.75) is 54.4 Å². The SMILES string of the molecule is C=CCOCC(COC)OCC(CC(F)(F)C(F)(F)C(F)(F)C(F)(F)C(F)(F)C(F)(F)F)OC. The molecule has 0 saturated carbocycles. The van der Waals surface area contributed by atoms with Gasteiger partial charge in [0.25, 0.3) is 0 Å². The van der Waals surface area contributed by atoms with Crippen LogP contribution in [0.2, 0.25) is 0 Å². The molecule has 0 aliphatic rings. The molecular weight excluding hydrogens is 515 g/mol. The van der Waals surface area contributed by atoms with E-state index in [-0.39, 0.29) is 19.8 Å². The monoisotopic (exact) mass is 536 g/mol. The Balaban J connectivity index is 5.73. The minimum atomic E-state index is -7.95. The van der Waals surface area contributed by atoms with Crippen LogP contribution in [0, 0.1) is 0 Å². The Morgan fingerprint density at radius 2 is 1.18 bits per heavy atom. The molecule has 0 fully saturated rings. The third-order valence-corrected chi connectivity index (χ3v) is 4.23. The third-order valence-electron chi connectivity index (χ3n) is 4.23. The summed E-state index contributed by atoms with van der Waals surface area (Å²) in [6, 6.07) is 0. The van der Waals surface area contributed by atoms with Crippen LogP contribution in [0.4, 0.5) is 57.1 Å². The van der Waals surface area contributed by atoms with Crippen molar-refractivity contribution >= 4 is 0 Å². The maximum absolute atomic E-state index is 14.0. The normalized spacial score (nSPS) is 16.4. The van der Waals surface area contributed by atoms with E-state index in [1.807, 2.05) is 0 Å². The zero-order valence-electron chi connectivity index (χ0n) is 17.5. The third kappa shape index (κ3) is 6.66. The van der Waals surface area contributed by atoms with Gasteiger partial charge in [-0.25, -0.2) is 0 Å². The van der Waals surface area contributed by atoms with Crippen LogP contribution in [0.1, 0.15) is 6.42 Å². The molecule has 17 heteroatoms. The van der Waals surface area contributed by atoms with E-state index in [1.165, 1.54) is 13.2 Å². The lowest BCUT2D eigenvalue weighted by Gasteiger charge is -2.40. The van der Waals surface area contributed by atoms with Crippen molar-refractivity contribution < 1.29 is 76.0 Å². The number of hydrogen-bond acceptors (Lipinski definition) is 4. The second kappa shape index (κ2) is 11.6. The molecule has 0 aromatic carbocycles. The van der Waals surface area contributed by atoms with E-state index < -0.39 is 61.0 Å². The first-order chi connectivity index (χ1) is 15.2. The fraction of sp³-hybridized carbons (Fsp3) is 0.882. The Morgan fingerprint density at radius 3 is 1.59 bits per heavy atom. The van der Waals surface area contributed by atoms with Crippen molar-refractivity contribution in [3.63, 3.8) is 0 Å². The van der Waals surface area contributed by atoms with Gasteiger partial charge in [-0.05, 0) is 0 Å². The fourth-order valence-corrected chi connectivity index (χ4v) is 2.28. The van der Waals surface area contributed by atoms with E-state index in [0.29, 0.717) is 7.11 Å². The van der Waals surface area contributed by atoms with Crippen LogP contribution >= 0.6 is 0 Å². The van der Waals surface area contributed by atoms with Crippen LogP contribution in [0.5, 0.6) is 0 Å². The highest BCUT2D eigenvalue weighted by Gasteiger charge is 2.90. The first-order valence-corrected chi connectivity index (χ1v) is 8.95. The Labute approximate surface area is 184 Å². The minimum Gasteiger partial charge on any atom is -0.382 e. The van der Waals surface area contributed by atoms with Crippen molar-refractivity contribution in [3.05, 3.63) is 12.7 Å². The van der Waals surface area contributed by atoms with Crippen LogP contribution in [0.3, 0.4) is 0 Å². The molecule has 204 valence electrons. The fourth-order valence-electron chi connectivity index (χ4n) is 2.28. The first kappa shape index (κ1) is 32.7. The molecule has 0 heterocycles. The largest absolute Gasteiger partial charge is 0.460 e. The standard InChI is InChI=1S/C17H21F13O4/c1-4-5-33-8-11(7-31-2)34-9-10(32-3)6-12(18,19)13(20,21)14(22,23)15(24,25)16(26,27)17(28,29)30/h4,10-11H,1,5-9H2,2-3H3. The van der Waals surface area contributed by atoms with Crippen molar-refractivity contribution in [1.29, 1.82) is 0 Å². The predicted octanol–water partition coefficient (Wildman–Crippen LogP) is 5.36. The van der Waals surface area contributed by atoms with Gasteiger partial charge in [-0.3, -0.25) is 0 Å². The minimum absolute atomic E-state index is 0.00652. The predicted molar refractivity (Wildman–Crippen MR) is 88.8 cm³/mol. The van der Waals surface area contributed by atoms with Gasteiger partial charge in [0, 0.05) is 20.6 Å². The lowest BCUT2D eigenvalue weighted by molar-refractivity contribution is -0.441. The molecule has 0 saturated heterocycles. The van der Waals surface area contributed by atoms with Gasteiger partial charge in [0.2, 0.25) is 0 Å². The molecule has 2 unspecified atom stereocenters. The van der Waals surface area contributed by atoms with E-state index in [4.69, 9.17) is 14.2 Å². The molecule has 0 bridgehead atoms. The van der Waals surface area contributed by atoms with Gasteiger partial charge in [-0.15, -0.1) is 6.58 Å². The highest BCUT2D eigenvalue weighted by Crippen LogP contribution is 2.60. The second-order valence-electron chi connectivity index (χ2n) is 6.80. The molecule has 0 spiro atoms. The molecular formula is C17H21F13O4. The highest BCUT2D eigenvalue weighted by molar-refractivity contribution is 5.10. The van der Waals surface area contributed by atoms with E-state index in [2.05, 4.69) is 11.3 Å². The average molecular weight is 536 g/mol. The van der Waals surface area contributed by atoms with Crippen molar-refractivity contribution in [2.75, 3.05) is 40.6 Å². The smallest absolute Gasteiger partial charge is 0.382 e. The van der Waals surface area contributed by atoms with Gasteiger partial charge < -0.3 is 18.9 Å². The molecule has 4 nitrogen and oxygen atoms in total. The number of alkyl halides is 13. The summed E-state index contributed by atoms with van der Waals surface area (Å²) in [4.78, 5) is 0. The number of hydrogen-bond donors (Lipinski definition) is 0. The summed E-state index contributed by atoms with van der Waals surface area (Å²) >= 11 is 0. The molecule has 0 N–H and O–H groups in total. The second-order valence-corrected chi connectivity index (χ2v) is 6.80. The number of methoxy groups -OCH3 is 2. The lowest BCUT2D eigenvalue weighted by atomic mass is 9.91. The van der Waals surface area contributed by atoms with Crippen molar-refractivity contribution in [1.82, 2.24) is 0 Å². The molecule has 0 rings (SSSR count). The van der Waals surface area contributed by atoms with E-state index in [0.717, 1.165) is 0 Å². The summed E-state index contributed by atoms with van der Waals surface area (Å²) < 4.78 is 190. The van der Waals surface area contributed by atoms with Crippen LogP contribution in [-0.2, 0) is 18.9 Å². The Hall–Kier alpha value is -1.33. The summed E-state index contributed by atoms with van der Waals surface area (Å²) in [5.41, 5.74) is 0. The Bertz CT molecular complexity index is 637. The van der Waals surface area contributed by atoms with Crippen LogP contribution in [0.25, 0.3) is 0 Å². The van der Waals surface area contributed by atoms with Gasteiger partial charge in [-0.1, -0.05) is 6.08 Å². The zero-order chi connectivity index (χ0) is 27.2. The quantitative estimate of drug-likeness (QED) is 0.151. The van der Waals surface area contributed by atoms with Crippen LogP contribution in [-0.4, -0.2) is 88.6 Å². The molecule has 0 amide bonds. The van der Waals surface area contributed by atoms with Gasteiger partial charge in [-0.2, -0.15) is 57.1 Å². The topological polar surface area (TPSA) is 36.9 Å². The molecule has 0 aromatic rings. The molecule has 0 aliphatic heterocycles. The average Bonchev–Trinajstić information content (AvgIpc) is 2.69. The molecule has 2 atom stereocenters. The number of rotatable bonds is 16. The molecule has 34 heavy (non-hydrogen) atoms. The van der Waals surface area contributed by atoms with Gasteiger partial charge in [0.15, 0.2) is 0 Å². The Kier molecular flexibility index (Phi) is 11.1. The van der Waals surface area contributed by atoms with Gasteiger partial charge in [0.05, 0.1) is 32.5 Å². The summed E-state index contributed by atoms with van der Waals surface area (Å²) in [6.45, 7) is 1.74. The zero-order valence-corrected chi connectivity index (χ0v) is 17.5. The summed E-state index contributed by atoms with van der Waals surface area (Å²) in [5.74, 6) is -37.2. The molecule has 0 aromatic heterocycles. The molecule has 0 radical (unpaired) electrons. The van der Waals surface area contributed by atoms with Gasteiger partial charge in [0.1, 0.15) is 6.10 Å². The highest BCUT2D eigenvalue weighted by atomic mass is 19.4. The van der Waals surface area contributed by atoms with Crippen LogP contribution in [0.15, 0.2) is 12.7 Å². The maximum Gasteiger partial charge on any atom is 0.460 e. The van der Waals surface area contributed by atoms with E-state index >= 15 is 0 Å². The lowest BCUT2D eigenvalue weighted by Crippen LogP contribution is -2.70.